The van der Waals surface area contributed by atoms with Gasteiger partial charge in [0.1, 0.15) is 5.75 Å². The number of hydrogen-bond acceptors (Lipinski definition) is 3. The summed E-state index contributed by atoms with van der Waals surface area (Å²) in [5.74, 6) is 0.939. The molecule has 1 heterocycles. The lowest BCUT2D eigenvalue weighted by molar-refractivity contribution is 0.242. The molecule has 3 heteroatoms. The predicted molar refractivity (Wildman–Crippen MR) is 86.8 cm³/mol. The molecule has 1 atom stereocenters. The van der Waals surface area contributed by atoms with E-state index < -0.39 is 0 Å². The van der Waals surface area contributed by atoms with Gasteiger partial charge in [-0.05, 0) is 62.0 Å². The SMILES string of the molecule is CCNC(c1cccc(OC(C)C)c1)c1sccc1C. The third kappa shape index (κ3) is 3.62. The number of hydrogen-bond donors (Lipinski definition) is 1. The van der Waals surface area contributed by atoms with E-state index >= 15 is 0 Å². The monoisotopic (exact) mass is 289 g/mol. The molecule has 2 nitrogen and oxygen atoms in total. The van der Waals surface area contributed by atoms with E-state index in [9.17, 15) is 0 Å². The fourth-order valence-corrected chi connectivity index (χ4v) is 3.31. The maximum Gasteiger partial charge on any atom is 0.120 e. The van der Waals surface area contributed by atoms with Crippen LogP contribution in [0.4, 0.5) is 0 Å². The van der Waals surface area contributed by atoms with E-state index in [2.05, 4.69) is 62.7 Å². The zero-order chi connectivity index (χ0) is 14.5. The van der Waals surface area contributed by atoms with Gasteiger partial charge in [-0.15, -0.1) is 11.3 Å². The Bertz CT molecular complexity index is 547. The molecule has 0 spiro atoms. The molecule has 0 bridgehead atoms. The Hall–Kier alpha value is -1.32. The van der Waals surface area contributed by atoms with E-state index in [1.54, 1.807) is 0 Å². The van der Waals surface area contributed by atoms with Crippen LogP contribution in [-0.2, 0) is 0 Å². The van der Waals surface area contributed by atoms with Gasteiger partial charge in [0.15, 0.2) is 0 Å². The molecule has 1 unspecified atom stereocenters. The minimum atomic E-state index is 0.200. The smallest absolute Gasteiger partial charge is 0.120 e. The summed E-state index contributed by atoms with van der Waals surface area (Å²) in [6, 6.07) is 10.8. The first-order chi connectivity index (χ1) is 9.61. The van der Waals surface area contributed by atoms with Crippen molar-refractivity contribution in [2.45, 2.75) is 39.8 Å². The van der Waals surface area contributed by atoms with Gasteiger partial charge in [0, 0.05) is 4.88 Å². The van der Waals surface area contributed by atoms with Crippen LogP contribution in [0.5, 0.6) is 5.75 Å². The normalized spacial score (nSPS) is 12.7. The van der Waals surface area contributed by atoms with Gasteiger partial charge in [0.2, 0.25) is 0 Å². The van der Waals surface area contributed by atoms with Crippen molar-refractivity contribution >= 4 is 11.3 Å². The van der Waals surface area contributed by atoms with E-state index in [1.165, 1.54) is 16.0 Å². The molecule has 0 aliphatic rings. The molecule has 0 radical (unpaired) electrons. The van der Waals surface area contributed by atoms with Crippen molar-refractivity contribution in [3.8, 4) is 5.75 Å². The summed E-state index contributed by atoms with van der Waals surface area (Å²) < 4.78 is 5.81. The highest BCUT2D eigenvalue weighted by Crippen LogP contribution is 2.31. The van der Waals surface area contributed by atoms with Crippen LogP contribution in [0.2, 0.25) is 0 Å². The summed E-state index contributed by atoms with van der Waals surface area (Å²) in [6.07, 6.45) is 0.200. The van der Waals surface area contributed by atoms with Gasteiger partial charge >= 0.3 is 0 Å². The van der Waals surface area contributed by atoms with Gasteiger partial charge < -0.3 is 10.1 Å². The van der Waals surface area contributed by atoms with Crippen LogP contribution in [0.15, 0.2) is 35.7 Å². The molecule has 1 N–H and O–H groups in total. The Kier molecular flexibility index (Phi) is 5.21. The van der Waals surface area contributed by atoms with Crippen LogP contribution in [-0.4, -0.2) is 12.6 Å². The topological polar surface area (TPSA) is 21.3 Å². The van der Waals surface area contributed by atoms with E-state index in [1.807, 2.05) is 17.4 Å². The zero-order valence-electron chi connectivity index (χ0n) is 12.6. The maximum atomic E-state index is 5.81. The first-order valence-electron chi connectivity index (χ1n) is 7.15. The summed E-state index contributed by atoms with van der Waals surface area (Å²) in [5.41, 5.74) is 2.60. The second-order valence-electron chi connectivity index (χ2n) is 5.20. The second kappa shape index (κ2) is 6.91. The van der Waals surface area contributed by atoms with Crippen LogP contribution >= 0.6 is 11.3 Å². The molecule has 2 rings (SSSR count). The number of rotatable bonds is 6. The van der Waals surface area contributed by atoms with E-state index in [-0.39, 0.29) is 12.1 Å². The van der Waals surface area contributed by atoms with Gasteiger partial charge in [0.05, 0.1) is 12.1 Å². The van der Waals surface area contributed by atoms with Crippen LogP contribution < -0.4 is 10.1 Å². The quantitative estimate of drug-likeness (QED) is 0.843. The molecule has 0 fully saturated rings. The molecular weight excluding hydrogens is 266 g/mol. The molecule has 0 aliphatic carbocycles. The lowest BCUT2D eigenvalue weighted by Gasteiger charge is -2.19. The van der Waals surface area contributed by atoms with Crippen LogP contribution in [0.3, 0.4) is 0 Å². The van der Waals surface area contributed by atoms with Crippen molar-refractivity contribution in [3.63, 3.8) is 0 Å². The van der Waals surface area contributed by atoms with Crippen molar-refractivity contribution in [2.24, 2.45) is 0 Å². The lowest BCUT2D eigenvalue weighted by atomic mass is 10.0. The first kappa shape index (κ1) is 15.1. The van der Waals surface area contributed by atoms with Gasteiger partial charge in [-0.3, -0.25) is 0 Å². The minimum absolute atomic E-state index is 0.200. The van der Waals surface area contributed by atoms with Crippen molar-refractivity contribution < 1.29 is 4.74 Å². The van der Waals surface area contributed by atoms with E-state index in [0.717, 1.165) is 12.3 Å². The van der Waals surface area contributed by atoms with Gasteiger partial charge in [-0.25, -0.2) is 0 Å². The molecule has 1 aromatic carbocycles. The molecule has 108 valence electrons. The highest BCUT2D eigenvalue weighted by atomic mass is 32.1. The summed E-state index contributed by atoms with van der Waals surface area (Å²) >= 11 is 1.81. The van der Waals surface area contributed by atoms with Crippen molar-refractivity contribution in [1.82, 2.24) is 5.32 Å². The Labute approximate surface area is 125 Å². The van der Waals surface area contributed by atoms with E-state index in [4.69, 9.17) is 4.74 Å². The largest absolute Gasteiger partial charge is 0.491 e. The minimum Gasteiger partial charge on any atom is -0.491 e. The number of ether oxygens (including phenoxy) is 1. The Morgan fingerprint density at radius 2 is 2.05 bits per heavy atom. The highest BCUT2D eigenvalue weighted by molar-refractivity contribution is 7.10. The van der Waals surface area contributed by atoms with Crippen LogP contribution in [0.1, 0.15) is 42.8 Å². The first-order valence-corrected chi connectivity index (χ1v) is 8.03. The standard InChI is InChI=1S/C17H23NOS/c1-5-18-16(17-13(4)9-10-20-17)14-7-6-8-15(11-14)19-12(2)3/h6-12,16,18H,5H2,1-4H3. The molecule has 1 aromatic heterocycles. The van der Waals surface area contributed by atoms with Crippen LogP contribution in [0.25, 0.3) is 0 Å². The van der Waals surface area contributed by atoms with Crippen molar-refractivity contribution in [1.29, 1.82) is 0 Å². The lowest BCUT2D eigenvalue weighted by Crippen LogP contribution is -2.21. The highest BCUT2D eigenvalue weighted by Gasteiger charge is 2.17. The van der Waals surface area contributed by atoms with Gasteiger partial charge in [-0.1, -0.05) is 19.1 Å². The molecule has 2 aromatic rings. The molecule has 20 heavy (non-hydrogen) atoms. The van der Waals surface area contributed by atoms with Crippen molar-refractivity contribution in [2.75, 3.05) is 6.54 Å². The number of benzene rings is 1. The average molecular weight is 289 g/mol. The maximum absolute atomic E-state index is 5.81. The molecule has 0 saturated carbocycles. The Morgan fingerprint density at radius 3 is 2.65 bits per heavy atom. The summed E-state index contributed by atoms with van der Waals surface area (Å²) in [4.78, 5) is 1.38. The molecular formula is C17H23NOS. The fraction of sp³-hybridized carbons (Fsp3) is 0.412. The van der Waals surface area contributed by atoms with Crippen LogP contribution in [0, 0.1) is 6.92 Å². The second-order valence-corrected chi connectivity index (χ2v) is 6.15. The summed E-state index contributed by atoms with van der Waals surface area (Å²) in [6.45, 7) is 9.36. The molecule has 0 aliphatic heterocycles. The van der Waals surface area contributed by atoms with Gasteiger partial charge in [-0.2, -0.15) is 0 Å². The summed E-state index contributed by atoms with van der Waals surface area (Å²) in [5, 5.41) is 5.73. The molecule has 0 saturated heterocycles. The number of thiophene rings is 1. The Balaban J connectivity index is 2.32. The van der Waals surface area contributed by atoms with Crippen molar-refractivity contribution in [3.05, 3.63) is 51.7 Å². The Morgan fingerprint density at radius 1 is 1.25 bits per heavy atom. The number of nitrogens with one attached hydrogen (secondary N) is 1. The van der Waals surface area contributed by atoms with Gasteiger partial charge in [0.25, 0.3) is 0 Å². The third-order valence-corrected chi connectivity index (χ3v) is 4.22. The zero-order valence-corrected chi connectivity index (χ0v) is 13.5. The molecule has 0 amide bonds. The average Bonchev–Trinajstić information content (AvgIpc) is 2.81. The predicted octanol–water partition coefficient (Wildman–Crippen LogP) is 4.54. The summed E-state index contributed by atoms with van der Waals surface area (Å²) in [7, 11) is 0. The fourth-order valence-electron chi connectivity index (χ4n) is 2.29. The number of aryl methyl sites for hydroxylation is 1. The third-order valence-electron chi connectivity index (χ3n) is 3.14. The van der Waals surface area contributed by atoms with E-state index in [0.29, 0.717) is 0 Å².